The first kappa shape index (κ1) is 67.2. The summed E-state index contributed by atoms with van der Waals surface area (Å²) in [6, 6.07) is 29.8. The van der Waals surface area contributed by atoms with Gasteiger partial charge in [-0.15, -0.1) is 30.7 Å². The number of nitrogen functional groups attached to an aromatic ring is 2. The lowest BCUT2D eigenvalue weighted by atomic mass is 10.1. The maximum atomic E-state index is 12.6. The molecule has 0 aliphatic heterocycles. The van der Waals surface area contributed by atoms with Crippen molar-refractivity contribution in [1.29, 1.82) is 0 Å². The van der Waals surface area contributed by atoms with Crippen LogP contribution in [-0.2, 0) is 42.8 Å². The standard InChI is InChI=1S/C27H27N7O8S.C26H26N7O9PS.H3N/c1-3-39-22-14-21(23(40-4-2)13-20(22)32-31-18-7-5-6-16(10-18)27(36)41-29)33-34-25-24(43(37,38)42-30)11-15-8-9-17(28)12-19(15)26(25)35;1-3-39-22-14-21(23(40-4-2)13-20(22)30-29-17-6-5-7-18(12-17)33-42-43(35)36)31-32-25-24(44(37,38)41-28)10-15-8-9-16(27)11-19(15)26(25)34;/h5-14,35H,3-4,28-30H2,1-2H3;5-14,33-34H,3-4,27-28H2,1-2H3;1H3. The van der Waals surface area contributed by atoms with Crippen molar-refractivity contribution in [3.05, 3.63) is 127 Å². The van der Waals surface area contributed by atoms with E-state index in [1.807, 2.05) is 0 Å². The third-order valence-corrected chi connectivity index (χ3v) is 14.0. The van der Waals surface area contributed by atoms with E-state index in [2.05, 4.69) is 64.4 Å². The van der Waals surface area contributed by atoms with Crippen molar-refractivity contribution in [3.63, 3.8) is 0 Å². The zero-order valence-electron chi connectivity index (χ0n) is 46.8. The number of anilines is 3. The van der Waals surface area contributed by atoms with Gasteiger partial charge in [-0.2, -0.15) is 53.3 Å². The molecule has 8 aromatic rings. The summed E-state index contributed by atoms with van der Waals surface area (Å²) >= 11 is 0. The number of phenolic OH excluding ortho intramolecular Hbond substituents is 2. The summed E-state index contributed by atoms with van der Waals surface area (Å²) in [5.41, 5.74) is 15.6. The summed E-state index contributed by atoms with van der Waals surface area (Å²) in [6.07, 6.45) is 0. The summed E-state index contributed by atoms with van der Waals surface area (Å²) in [7, 11) is -12.2. The van der Waals surface area contributed by atoms with Gasteiger partial charge in [-0.3, -0.25) is 0 Å². The van der Waals surface area contributed by atoms with Gasteiger partial charge in [0.1, 0.15) is 66.9 Å². The Balaban J connectivity index is 0.000000278. The maximum absolute atomic E-state index is 12.6. The van der Waals surface area contributed by atoms with Crippen LogP contribution >= 0.6 is 8.25 Å². The molecule has 0 heterocycles. The fourth-order valence-corrected chi connectivity index (χ4v) is 9.46. The minimum Gasteiger partial charge on any atom is -0.565 e. The molecule has 0 aromatic heterocycles. The van der Waals surface area contributed by atoms with E-state index in [1.165, 1.54) is 91.0 Å². The van der Waals surface area contributed by atoms with Crippen molar-refractivity contribution in [2.24, 2.45) is 58.6 Å². The van der Waals surface area contributed by atoms with Gasteiger partial charge < -0.3 is 56.5 Å². The van der Waals surface area contributed by atoms with E-state index in [0.29, 0.717) is 39.2 Å². The topological polar surface area (TPSA) is 516 Å². The number of carbonyl (C=O) groups excluding carboxylic acids is 1. The van der Waals surface area contributed by atoms with Crippen molar-refractivity contribution in [2.45, 2.75) is 37.5 Å². The number of rotatable bonds is 24. The summed E-state index contributed by atoms with van der Waals surface area (Å²) in [5, 5.41) is 56.4. The fraction of sp³-hybridized carbons (Fsp3) is 0.151. The summed E-state index contributed by atoms with van der Waals surface area (Å²) < 4.78 is 96.9. The lowest BCUT2D eigenvalue weighted by Gasteiger charge is -2.13. The predicted molar refractivity (Wildman–Crippen MR) is 319 cm³/mol. The number of phenols is 2. The highest BCUT2D eigenvalue weighted by Gasteiger charge is 2.27. The van der Waals surface area contributed by atoms with Crippen molar-refractivity contribution in [2.75, 3.05) is 43.4 Å². The fourth-order valence-electron chi connectivity index (χ4n) is 7.79. The second kappa shape index (κ2) is 30.4. The number of nitrogens with one attached hydrogen (secondary N) is 1. The quantitative estimate of drug-likeness (QED) is 0.0117. The smallest absolute Gasteiger partial charge is 0.513 e. The Bertz CT molecular complexity index is 4260. The van der Waals surface area contributed by atoms with Gasteiger partial charge in [0, 0.05) is 46.4 Å². The Morgan fingerprint density at radius 1 is 0.534 bits per heavy atom. The number of nitrogens with zero attached hydrogens (tertiary/aromatic N) is 8. The van der Waals surface area contributed by atoms with E-state index in [1.54, 1.807) is 58.0 Å². The maximum Gasteiger partial charge on any atom is 0.513 e. The van der Waals surface area contributed by atoms with Crippen LogP contribution in [0.15, 0.2) is 172 Å². The molecular weight excluding hydrogens is 1210 g/mol. The highest BCUT2D eigenvalue weighted by molar-refractivity contribution is 7.87. The zero-order chi connectivity index (χ0) is 63.0. The third kappa shape index (κ3) is 16.5. The van der Waals surface area contributed by atoms with E-state index in [-0.39, 0.29) is 94.7 Å². The largest absolute Gasteiger partial charge is 0.565 e. The number of ether oxygens (including phenoxy) is 4. The number of nitrogens with two attached hydrogens (primary N) is 5. The lowest BCUT2D eigenvalue weighted by Crippen LogP contribution is -2.11. The molecule has 0 fully saturated rings. The average Bonchev–Trinajstić information content (AvgIpc) is 1.02. The average molecular weight is 1270 g/mol. The number of aromatic hydroxyl groups is 2. The molecule has 462 valence electrons. The van der Waals surface area contributed by atoms with Crippen LogP contribution in [0.1, 0.15) is 38.1 Å². The van der Waals surface area contributed by atoms with Gasteiger partial charge in [0.05, 0.1) is 49.1 Å². The molecule has 0 saturated carbocycles. The van der Waals surface area contributed by atoms with Crippen molar-refractivity contribution >= 4 is 119 Å². The van der Waals surface area contributed by atoms with Gasteiger partial charge in [-0.1, -0.05) is 24.3 Å². The van der Waals surface area contributed by atoms with Crippen molar-refractivity contribution in [3.8, 4) is 34.5 Å². The van der Waals surface area contributed by atoms with E-state index in [9.17, 15) is 41.3 Å². The van der Waals surface area contributed by atoms with E-state index in [4.69, 9.17) is 48.1 Å². The highest BCUT2D eigenvalue weighted by atomic mass is 32.2. The molecule has 35 heteroatoms. The van der Waals surface area contributed by atoms with Crippen LogP contribution < -0.4 is 64.6 Å². The molecule has 0 bridgehead atoms. The molecule has 16 N–H and O–H groups in total. The zero-order valence-corrected chi connectivity index (χ0v) is 49.4. The molecule has 8 aromatic carbocycles. The molecule has 8 rings (SSSR count). The monoisotopic (exact) mass is 1270 g/mol. The summed E-state index contributed by atoms with van der Waals surface area (Å²) in [6.45, 7) is 7.89. The van der Waals surface area contributed by atoms with E-state index >= 15 is 0 Å². The number of hydrogen-bond acceptors (Lipinski definition) is 32. The second-order valence-corrected chi connectivity index (χ2v) is 20.9. The van der Waals surface area contributed by atoms with Gasteiger partial charge >= 0.3 is 34.5 Å². The minimum absolute atomic E-state index is 0. The van der Waals surface area contributed by atoms with Crippen LogP contribution in [0.3, 0.4) is 0 Å². The molecule has 32 nitrogen and oxygen atoms in total. The van der Waals surface area contributed by atoms with Gasteiger partial charge in [0.15, 0.2) is 11.5 Å². The molecule has 0 aliphatic carbocycles. The Kier molecular flexibility index (Phi) is 23.2. The Hall–Kier alpha value is -9.97. The second-order valence-electron chi connectivity index (χ2n) is 17.2. The number of fused-ring (bicyclic) bond motifs is 2. The summed E-state index contributed by atoms with van der Waals surface area (Å²) in [5.74, 6) is 14.0. The normalized spacial score (nSPS) is 11.9. The van der Waals surface area contributed by atoms with Crippen LogP contribution in [0.5, 0.6) is 34.5 Å². The van der Waals surface area contributed by atoms with E-state index < -0.39 is 67.1 Å². The minimum atomic E-state index is -4.54. The third-order valence-electron chi connectivity index (χ3n) is 11.6. The first-order valence-electron chi connectivity index (χ1n) is 25.3. The Labute approximate surface area is 501 Å². The van der Waals surface area contributed by atoms with Gasteiger partial charge in [-0.25, -0.2) is 10.3 Å². The lowest BCUT2D eigenvalue weighted by molar-refractivity contribution is -0.183. The van der Waals surface area contributed by atoms with E-state index in [0.717, 1.165) is 0 Å². The molecule has 0 spiro atoms. The molecular formula is C53H56N15O17PS2. The van der Waals surface area contributed by atoms with Crippen LogP contribution in [0.4, 0.5) is 62.6 Å². The molecule has 0 amide bonds. The predicted octanol–water partition coefficient (Wildman–Crippen LogP) is 11.2. The van der Waals surface area contributed by atoms with Crippen molar-refractivity contribution in [1.82, 2.24) is 6.15 Å². The molecule has 0 saturated heterocycles. The van der Waals surface area contributed by atoms with Crippen LogP contribution in [0.25, 0.3) is 21.5 Å². The number of hydrogen-bond donors (Lipinski definition) is 9. The van der Waals surface area contributed by atoms with Crippen LogP contribution in [-0.4, -0.2) is 59.4 Å². The molecule has 1 unspecified atom stereocenters. The highest BCUT2D eigenvalue weighted by Crippen LogP contribution is 2.48. The number of benzene rings is 8. The van der Waals surface area contributed by atoms with Gasteiger partial charge in [0.2, 0.25) is 0 Å². The Morgan fingerprint density at radius 3 is 1.30 bits per heavy atom. The van der Waals surface area contributed by atoms with Gasteiger partial charge in [-0.05, 0) is 120 Å². The van der Waals surface area contributed by atoms with Crippen LogP contribution in [0.2, 0.25) is 0 Å². The van der Waals surface area contributed by atoms with Crippen molar-refractivity contribution < 1.29 is 78.3 Å². The molecule has 1 atom stereocenters. The SMILES string of the molecule is CCOc1cc(N=Nc2c(S(=O)(=O)ON)cc3ccc(N)cc3c2O)c(OCC)cc1N=Nc1cccc(C(=O)ON)c1.CCOc1cc(N=Nc2c(S(=O)(=O)ON)cc3ccc(N)cc3c2O)c(OCC)cc1N=Nc1cccc(NO[P+](=O)[O-])c1.N. The molecule has 0 radical (unpaired) electrons. The number of azo groups is 4. The molecule has 88 heavy (non-hydrogen) atoms. The Morgan fingerprint density at radius 2 is 0.920 bits per heavy atom. The number of carbonyl (C=O) groups is 1. The first-order chi connectivity index (χ1) is 41.7. The summed E-state index contributed by atoms with van der Waals surface area (Å²) in [4.78, 5) is 25.6. The van der Waals surface area contributed by atoms with Gasteiger partial charge in [0.25, 0.3) is 0 Å². The van der Waals surface area contributed by atoms with Crippen LogP contribution in [0, 0.1) is 0 Å². The molecule has 0 aliphatic rings. The first-order valence-corrected chi connectivity index (χ1v) is 29.2.